The molecule has 32 heavy (non-hydrogen) atoms. The predicted molar refractivity (Wildman–Crippen MR) is 124 cm³/mol. The van der Waals surface area contributed by atoms with E-state index in [1.807, 2.05) is 25.1 Å². The second-order valence-corrected chi connectivity index (χ2v) is 7.69. The number of aryl methyl sites for hydroxylation is 1. The highest BCUT2D eigenvalue weighted by Crippen LogP contribution is 2.34. The molecular weight excluding hydrogens is 432 g/mol. The van der Waals surface area contributed by atoms with Crippen LogP contribution in [-0.2, 0) is 14.3 Å². The van der Waals surface area contributed by atoms with Gasteiger partial charge < -0.3 is 24.3 Å². The minimum atomic E-state index is -0.461. The van der Waals surface area contributed by atoms with Crippen LogP contribution in [0.25, 0.3) is 6.08 Å². The molecule has 9 heteroatoms. The highest BCUT2D eigenvalue weighted by atomic mass is 32.2. The molecule has 1 heterocycles. The first-order valence-corrected chi connectivity index (χ1v) is 10.7. The molecule has 3 rings (SSSR count). The van der Waals surface area contributed by atoms with E-state index in [9.17, 15) is 9.59 Å². The van der Waals surface area contributed by atoms with Crippen molar-refractivity contribution in [2.45, 2.75) is 13.8 Å². The van der Waals surface area contributed by atoms with Crippen LogP contribution in [0.4, 0.5) is 5.69 Å². The maximum atomic E-state index is 12.4. The van der Waals surface area contributed by atoms with Crippen LogP contribution >= 0.6 is 11.8 Å². The fourth-order valence-electron chi connectivity index (χ4n) is 2.86. The van der Waals surface area contributed by atoms with Crippen LogP contribution in [0.3, 0.4) is 0 Å². The summed E-state index contributed by atoms with van der Waals surface area (Å²) in [5.41, 5.74) is 2.41. The lowest BCUT2D eigenvalue weighted by Gasteiger charge is -2.11. The number of nitrogens with zero attached hydrogens (tertiary/aromatic N) is 1. The second kappa shape index (κ2) is 10.7. The van der Waals surface area contributed by atoms with Crippen LogP contribution in [0.5, 0.6) is 17.2 Å². The van der Waals surface area contributed by atoms with Crippen molar-refractivity contribution in [2.24, 2.45) is 4.99 Å². The topological polar surface area (TPSA) is 95.5 Å². The molecule has 0 spiro atoms. The van der Waals surface area contributed by atoms with Crippen LogP contribution in [0, 0.1) is 6.92 Å². The summed E-state index contributed by atoms with van der Waals surface area (Å²) in [7, 11) is 3.08. The number of benzene rings is 2. The Morgan fingerprint density at radius 1 is 1.09 bits per heavy atom. The third kappa shape index (κ3) is 5.82. The van der Waals surface area contributed by atoms with E-state index < -0.39 is 5.97 Å². The Labute approximate surface area is 190 Å². The molecule has 0 saturated carbocycles. The zero-order valence-electron chi connectivity index (χ0n) is 18.3. The molecule has 8 nitrogen and oxygen atoms in total. The number of carbonyl (C=O) groups excluding carboxylic acids is 2. The van der Waals surface area contributed by atoms with E-state index in [-0.39, 0.29) is 19.1 Å². The van der Waals surface area contributed by atoms with Crippen molar-refractivity contribution in [3.05, 3.63) is 52.4 Å². The van der Waals surface area contributed by atoms with Gasteiger partial charge in [0, 0.05) is 0 Å². The Morgan fingerprint density at radius 2 is 1.84 bits per heavy atom. The molecule has 0 atom stereocenters. The molecule has 168 valence electrons. The van der Waals surface area contributed by atoms with E-state index in [0.29, 0.717) is 33.0 Å². The van der Waals surface area contributed by atoms with Crippen LogP contribution in [-0.4, -0.2) is 44.5 Å². The summed E-state index contributed by atoms with van der Waals surface area (Å²) in [6, 6.07) is 10.8. The summed E-state index contributed by atoms with van der Waals surface area (Å²) < 4.78 is 21.0. The van der Waals surface area contributed by atoms with Crippen molar-refractivity contribution >= 4 is 40.6 Å². The van der Waals surface area contributed by atoms with Crippen molar-refractivity contribution in [2.75, 3.05) is 27.4 Å². The summed E-state index contributed by atoms with van der Waals surface area (Å²) in [5, 5.41) is 3.24. The average molecular weight is 457 g/mol. The third-order valence-corrected chi connectivity index (χ3v) is 5.25. The first-order valence-electron chi connectivity index (χ1n) is 9.84. The molecule has 1 N–H and O–H groups in total. The van der Waals surface area contributed by atoms with E-state index in [2.05, 4.69) is 10.3 Å². The second-order valence-electron chi connectivity index (χ2n) is 6.66. The van der Waals surface area contributed by atoms with Crippen molar-refractivity contribution in [1.82, 2.24) is 5.32 Å². The number of nitrogens with one attached hydrogen (secondary N) is 1. The number of esters is 1. The summed E-state index contributed by atoms with van der Waals surface area (Å²) in [6.07, 6.45) is 1.73. The van der Waals surface area contributed by atoms with E-state index in [0.717, 1.165) is 11.1 Å². The maximum absolute atomic E-state index is 12.4. The van der Waals surface area contributed by atoms with Gasteiger partial charge in [0.1, 0.15) is 11.4 Å². The number of thioether (sulfide) groups is 1. The smallest absolute Gasteiger partial charge is 0.344 e. The molecule has 0 bridgehead atoms. The quantitative estimate of drug-likeness (QED) is 0.476. The van der Waals surface area contributed by atoms with E-state index in [1.165, 1.54) is 18.9 Å². The number of amidine groups is 1. The van der Waals surface area contributed by atoms with E-state index in [1.54, 1.807) is 38.3 Å². The van der Waals surface area contributed by atoms with Crippen LogP contribution in [0.2, 0.25) is 0 Å². The van der Waals surface area contributed by atoms with Gasteiger partial charge in [-0.3, -0.25) is 4.79 Å². The zero-order valence-corrected chi connectivity index (χ0v) is 19.1. The fraction of sp³-hybridized carbons (Fsp3) is 0.261. The zero-order chi connectivity index (χ0) is 23.1. The molecule has 1 aliphatic heterocycles. The molecular formula is C23H24N2O6S. The van der Waals surface area contributed by atoms with Gasteiger partial charge in [-0.1, -0.05) is 12.1 Å². The van der Waals surface area contributed by atoms with Crippen molar-refractivity contribution in [3.63, 3.8) is 0 Å². The summed E-state index contributed by atoms with van der Waals surface area (Å²) in [5.74, 6) is 0.753. The Bertz CT molecular complexity index is 1080. The third-order valence-electron chi connectivity index (χ3n) is 4.34. The number of hydrogen-bond donors (Lipinski definition) is 1. The Kier molecular flexibility index (Phi) is 7.77. The van der Waals surface area contributed by atoms with Crippen LogP contribution < -0.4 is 19.5 Å². The Morgan fingerprint density at radius 3 is 2.56 bits per heavy atom. The van der Waals surface area contributed by atoms with E-state index in [4.69, 9.17) is 18.9 Å². The lowest BCUT2D eigenvalue weighted by atomic mass is 10.2. The first-order chi connectivity index (χ1) is 15.4. The number of carbonyl (C=O) groups is 2. The van der Waals surface area contributed by atoms with Crippen molar-refractivity contribution in [1.29, 1.82) is 0 Å². The van der Waals surface area contributed by atoms with Gasteiger partial charge in [-0.15, -0.1) is 0 Å². The Balaban J connectivity index is 1.78. The molecule has 1 fully saturated rings. The SMILES string of the molecule is CCOC(=O)COc1ccc(/C=C2\SC(=Nc3cc(C)ccc3OC)NC2=O)cc1OC. The van der Waals surface area contributed by atoms with Gasteiger partial charge in [0.2, 0.25) is 0 Å². The van der Waals surface area contributed by atoms with E-state index >= 15 is 0 Å². The number of ether oxygens (including phenoxy) is 4. The number of amides is 1. The fourth-order valence-corrected chi connectivity index (χ4v) is 3.70. The standard InChI is InChI=1S/C23H24N2O6S/c1-5-30-21(26)13-31-18-9-7-15(11-19(18)29-4)12-20-22(27)25-23(32-20)24-16-10-14(2)6-8-17(16)28-3/h6-12H,5,13H2,1-4H3,(H,24,25,27)/b20-12-. The summed E-state index contributed by atoms with van der Waals surface area (Å²) >= 11 is 1.23. The molecule has 2 aromatic carbocycles. The monoisotopic (exact) mass is 456 g/mol. The van der Waals surface area contributed by atoms with Crippen LogP contribution in [0.1, 0.15) is 18.1 Å². The van der Waals surface area contributed by atoms with Gasteiger partial charge in [0.15, 0.2) is 23.3 Å². The molecule has 0 radical (unpaired) electrons. The highest BCUT2D eigenvalue weighted by molar-refractivity contribution is 8.18. The number of hydrogen-bond acceptors (Lipinski definition) is 8. The number of rotatable bonds is 8. The maximum Gasteiger partial charge on any atom is 0.344 e. The molecule has 1 aliphatic rings. The van der Waals surface area contributed by atoms with Crippen molar-refractivity contribution in [3.8, 4) is 17.2 Å². The average Bonchev–Trinajstić information content (AvgIpc) is 3.11. The normalized spacial score (nSPS) is 15.6. The summed E-state index contributed by atoms with van der Waals surface area (Å²) in [4.78, 5) is 29.0. The van der Waals surface area contributed by atoms with Gasteiger partial charge in [0.25, 0.3) is 5.91 Å². The molecule has 1 amide bonds. The van der Waals surface area contributed by atoms with Gasteiger partial charge in [-0.05, 0) is 67.1 Å². The number of aliphatic imine (C=N–C) groups is 1. The lowest BCUT2D eigenvalue weighted by molar-refractivity contribution is -0.145. The molecule has 0 aliphatic carbocycles. The molecule has 2 aromatic rings. The lowest BCUT2D eigenvalue weighted by Crippen LogP contribution is -2.19. The largest absolute Gasteiger partial charge is 0.494 e. The predicted octanol–water partition coefficient (Wildman–Crippen LogP) is 3.85. The molecule has 1 saturated heterocycles. The number of methoxy groups -OCH3 is 2. The van der Waals surface area contributed by atoms with Gasteiger partial charge >= 0.3 is 5.97 Å². The van der Waals surface area contributed by atoms with Gasteiger partial charge in [-0.25, -0.2) is 9.79 Å². The van der Waals surface area contributed by atoms with Crippen LogP contribution in [0.15, 0.2) is 46.3 Å². The van der Waals surface area contributed by atoms with Gasteiger partial charge in [-0.2, -0.15) is 0 Å². The minimum absolute atomic E-state index is 0.217. The first kappa shape index (κ1) is 23.2. The minimum Gasteiger partial charge on any atom is -0.494 e. The highest BCUT2D eigenvalue weighted by Gasteiger charge is 2.24. The Hall–Kier alpha value is -3.46. The molecule has 0 aromatic heterocycles. The van der Waals surface area contributed by atoms with Crippen molar-refractivity contribution < 1.29 is 28.5 Å². The van der Waals surface area contributed by atoms with Gasteiger partial charge in [0.05, 0.1) is 25.7 Å². The summed E-state index contributed by atoms with van der Waals surface area (Å²) in [6.45, 7) is 3.76. The molecule has 0 unspecified atom stereocenters.